The van der Waals surface area contributed by atoms with Gasteiger partial charge in [0.15, 0.2) is 5.65 Å². The first-order valence-electron chi connectivity index (χ1n) is 12.7. The number of carbonyl (C=O) groups excluding carboxylic acids is 2. The molecule has 0 atom stereocenters. The Kier molecular flexibility index (Phi) is 6.10. The van der Waals surface area contributed by atoms with Crippen molar-refractivity contribution in [2.45, 2.75) is 25.3 Å². The third kappa shape index (κ3) is 4.80. The molecular weight excluding hydrogens is 460 g/mol. The molecule has 2 N–H and O–H groups in total. The quantitative estimate of drug-likeness (QED) is 0.607. The van der Waals surface area contributed by atoms with E-state index in [0.717, 1.165) is 67.4 Å². The summed E-state index contributed by atoms with van der Waals surface area (Å²) in [6, 6.07) is 2.51. The van der Waals surface area contributed by atoms with Crippen LogP contribution in [0.4, 0.5) is 11.6 Å². The highest BCUT2D eigenvalue weighted by molar-refractivity contribution is 5.89. The molecule has 190 valence electrons. The Bertz CT molecular complexity index is 1220. The molecular formula is C25H32N8O3. The van der Waals surface area contributed by atoms with E-state index in [4.69, 9.17) is 9.72 Å². The van der Waals surface area contributed by atoms with Gasteiger partial charge in [-0.3, -0.25) is 14.5 Å². The smallest absolute Gasteiger partial charge is 0.236 e. The molecule has 3 aliphatic heterocycles. The Morgan fingerprint density at radius 2 is 1.97 bits per heavy atom. The molecule has 6 rings (SSSR count). The van der Waals surface area contributed by atoms with Gasteiger partial charge < -0.3 is 25.2 Å². The number of morpholine rings is 1. The van der Waals surface area contributed by atoms with E-state index in [2.05, 4.69) is 38.2 Å². The van der Waals surface area contributed by atoms with E-state index < -0.39 is 0 Å². The summed E-state index contributed by atoms with van der Waals surface area (Å²) in [5, 5.41) is 10.9. The second-order valence-corrected chi connectivity index (χ2v) is 9.88. The SMILES string of the molecule is C=C1NC(=O)C/C1=C\c1cnn2c(NC3CC3)cc(N3CCN(C(=O)CN4CCOCC4)CC3)nc12. The first-order chi connectivity index (χ1) is 17.5. The summed E-state index contributed by atoms with van der Waals surface area (Å²) < 4.78 is 7.23. The first-order valence-corrected chi connectivity index (χ1v) is 12.7. The molecule has 4 fully saturated rings. The molecule has 0 radical (unpaired) electrons. The molecule has 0 bridgehead atoms. The topological polar surface area (TPSA) is 107 Å². The van der Waals surface area contributed by atoms with Crippen molar-refractivity contribution in [2.75, 3.05) is 69.2 Å². The standard InChI is InChI=1S/C25H32N8O3/c1-17-18(13-23(34)27-17)12-19-15-26-33-22(28-20-2-3-20)14-21(29-25(19)33)31-4-6-32(7-5-31)24(35)16-30-8-10-36-11-9-30/h12,14-15,20,28H,1-11,13,16H2,(H,27,34)/b18-12+. The number of carbonyl (C=O) groups is 2. The highest BCUT2D eigenvalue weighted by atomic mass is 16.5. The van der Waals surface area contributed by atoms with E-state index in [1.165, 1.54) is 0 Å². The predicted molar refractivity (Wildman–Crippen MR) is 136 cm³/mol. The molecule has 11 nitrogen and oxygen atoms in total. The zero-order chi connectivity index (χ0) is 24.6. The number of nitrogens with zero attached hydrogens (tertiary/aromatic N) is 6. The van der Waals surface area contributed by atoms with E-state index in [0.29, 0.717) is 51.0 Å². The van der Waals surface area contributed by atoms with Crippen LogP contribution in [0, 0.1) is 0 Å². The van der Waals surface area contributed by atoms with Crippen LogP contribution in [0.15, 0.2) is 30.1 Å². The van der Waals surface area contributed by atoms with Crippen molar-refractivity contribution < 1.29 is 14.3 Å². The van der Waals surface area contributed by atoms with Gasteiger partial charge >= 0.3 is 0 Å². The second-order valence-electron chi connectivity index (χ2n) is 9.88. The van der Waals surface area contributed by atoms with Crippen LogP contribution >= 0.6 is 0 Å². The minimum atomic E-state index is -0.0477. The van der Waals surface area contributed by atoms with E-state index >= 15 is 0 Å². The van der Waals surface area contributed by atoms with Crippen molar-refractivity contribution >= 4 is 35.2 Å². The molecule has 3 saturated heterocycles. The van der Waals surface area contributed by atoms with E-state index in [9.17, 15) is 9.59 Å². The van der Waals surface area contributed by atoms with Crippen molar-refractivity contribution in [3.63, 3.8) is 0 Å². The van der Waals surface area contributed by atoms with Gasteiger partial charge in [-0.1, -0.05) is 6.58 Å². The fourth-order valence-electron chi connectivity index (χ4n) is 4.90. The molecule has 0 aromatic carbocycles. The summed E-state index contributed by atoms with van der Waals surface area (Å²) in [6.07, 6.45) is 6.34. The summed E-state index contributed by atoms with van der Waals surface area (Å²) in [7, 11) is 0. The van der Waals surface area contributed by atoms with E-state index in [1.54, 1.807) is 6.20 Å². The number of allylic oxidation sites excluding steroid dienone is 1. The molecule has 0 unspecified atom stereocenters. The summed E-state index contributed by atoms with van der Waals surface area (Å²) in [4.78, 5) is 36.0. The van der Waals surface area contributed by atoms with E-state index in [-0.39, 0.29) is 11.8 Å². The number of fused-ring (bicyclic) bond motifs is 1. The van der Waals surface area contributed by atoms with Crippen molar-refractivity contribution in [3.05, 3.63) is 35.7 Å². The summed E-state index contributed by atoms with van der Waals surface area (Å²) in [5.41, 5.74) is 3.07. The van der Waals surface area contributed by atoms with Crippen molar-refractivity contribution in [1.29, 1.82) is 0 Å². The largest absolute Gasteiger partial charge is 0.379 e. The number of nitrogens with one attached hydrogen (secondary N) is 2. The van der Waals surface area contributed by atoms with Crippen molar-refractivity contribution in [1.82, 2.24) is 29.7 Å². The van der Waals surface area contributed by atoms with Gasteiger partial charge in [-0.25, -0.2) is 4.98 Å². The third-order valence-electron chi connectivity index (χ3n) is 7.19. The minimum Gasteiger partial charge on any atom is -0.379 e. The minimum absolute atomic E-state index is 0.0477. The fraction of sp³-hybridized carbons (Fsp3) is 0.520. The number of hydrogen-bond donors (Lipinski definition) is 2. The molecule has 4 aliphatic rings. The van der Waals surface area contributed by atoms with Crippen LogP contribution < -0.4 is 15.5 Å². The number of amides is 2. The Labute approximate surface area is 209 Å². The maximum Gasteiger partial charge on any atom is 0.236 e. The molecule has 0 spiro atoms. The normalized spacial score (nSPS) is 22.5. The monoisotopic (exact) mass is 492 g/mol. The summed E-state index contributed by atoms with van der Waals surface area (Å²) >= 11 is 0. The lowest BCUT2D eigenvalue weighted by atomic mass is 10.1. The first kappa shape index (κ1) is 23.0. The predicted octanol–water partition coefficient (Wildman–Crippen LogP) is 0.701. The number of rotatable bonds is 6. The lowest BCUT2D eigenvalue weighted by Crippen LogP contribution is -2.52. The van der Waals surface area contributed by atoms with Gasteiger partial charge in [0, 0.05) is 62.6 Å². The van der Waals surface area contributed by atoms with Gasteiger partial charge in [-0.15, -0.1) is 0 Å². The van der Waals surface area contributed by atoms with Crippen LogP contribution in [-0.4, -0.2) is 101 Å². The summed E-state index contributed by atoms with van der Waals surface area (Å²) in [5.74, 6) is 1.91. The highest BCUT2D eigenvalue weighted by Crippen LogP contribution is 2.30. The zero-order valence-electron chi connectivity index (χ0n) is 20.4. The van der Waals surface area contributed by atoms with Crippen LogP contribution in [0.5, 0.6) is 0 Å². The maximum atomic E-state index is 12.8. The van der Waals surface area contributed by atoms with Crippen LogP contribution in [-0.2, 0) is 14.3 Å². The Hall–Kier alpha value is -3.44. The number of anilines is 2. The van der Waals surface area contributed by atoms with Crippen molar-refractivity contribution in [3.8, 4) is 0 Å². The van der Waals surface area contributed by atoms with Gasteiger partial charge in [0.05, 0.1) is 32.4 Å². The Morgan fingerprint density at radius 3 is 2.67 bits per heavy atom. The van der Waals surface area contributed by atoms with Crippen LogP contribution in [0.1, 0.15) is 24.8 Å². The van der Waals surface area contributed by atoms with Crippen LogP contribution in [0.2, 0.25) is 0 Å². The van der Waals surface area contributed by atoms with Gasteiger partial charge in [0.25, 0.3) is 0 Å². The molecule has 2 aromatic rings. The van der Waals surface area contributed by atoms with Crippen LogP contribution in [0.25, 0.3) is 11.7 Å². The molecule has 1 aliphatic carbocycles. The second kappa shape index (κ2) is 9.55. The van der Waals surface area contributed by atoms with Gasteiger partial charge in [0.2, 0.25) is 11.8 Å². The fourth-order valence-corrected chi connectivity index (χ4v) is 4.90. The summed E-state index contributed by atoms with van der Waals surface area (Å²) in [6.45, 7) is 10.2. The Morgan fingerprint density at radius 1 is 1.19 bits per heavy atom. The zero-order valence-corrected chi connectivity index (χ0v) is 20.4. The molecule has 5 heterocycles. The maximum absolute atomic E-state index is 12.8. The number of hydrogen-bond acceptors (Lipinski definition) is 8. The van der Waals surface area contributed by atoms with E-state index in [1.807, 2.05) is 15.5 Å². The average Bonchev–Trinajstić information content (AvgIpc) is 3.52. The molecule has 11 heteroatoms. The molecule has 36 heavy (non-hydrogen) atoms. The molecule has 2 aromatic heterocycles. The van der Waals surface area contributed by atoms with Gasteiger partial charge in [0.1, 0.15) is 11.6 Å². The highest BCUT2D eigenvalue weighted by Gasteiger charge is 2.27. The number of piperazine rings is 1. The third-order valence-corrected chi connectivity index (χ3v) is 7.19. The Balaban J connectivity index is 1.21. The molecule has 1 saturated carbocycles. The van der Waals surface area contributed by atoms with Gasteiger partial charge in [-0.2, -0.15) is 9.61 Å². The average molecular weight is 493 g/mol. The van der Waals surface area contributed by atoms with Crippen molar-refractivity contribution in [2.24, 2.45) is 0 Å². The molecule has 2 amide bonds. The van der Waals surface area contributed by atoms with Crippen LogP contribution in [0.3, 0.4) is 0 Å². The lowest BCUT2D eigenvalue weighted by molar-refractivity contribution is -0.133. The van der Waals surface area contributed by atoms with Gasteiger partial charge in [-0.05, 0) is 24.5 Å². The lowest BCUT2D eigenvalue weighted by Gasteiger charge is -2.37. The number of ether oxygens (including phenoxy) is 1. The number of aromatic nitrogens is 3.